The Bertz CT molecular complexity index is 673. The SMILES string of the molecule is CC(CC(O)COCC(O)(C=O)CO)OCC(O)CC(C)OCC(O)C(=O)NC[C@H](O)[C@@H](O)[C@H](O)[C@H](O)CO. The number of aliphatic hydroxyl groups excluding tert-OH is 9. The van der Waals surface area contributed by atoms with Gasteiger partial charge in [-0.25, -0.2) is 0 Å². The van der Waals surface area contributed by atoms with Gasteiger partial charge in [-0.15, -0.1) is 0 Å². The molecule has 39 heavy (non-hydrogen) atoms. The summed E-state index contributed by atoms with van der Waals surface area (Å²) >= 11 is 0. The molecule has 1 amide bonds. The third kappa shape index (κ3) is 15.9. The molecule has 0 aromatic rings. The largest absolute Gasteiger partial charge is 0.394 e. The number of carbonyl (C=O) groups excluding carboxylic acids is 2. The standard InChI is InChI=1S/C23H45NO15/c1-13(3-15(28)7-37-12-23(36,10-26)11-27)38-8-16(29)4-14(2)39-9-19(32)22(35)24-5-17(30)20(33)21(34)18(31)6-25/h10,13-21,25,27-34,36H,3-9,11-12H2,1-2H3,(H,24,35)/t13?,14?,15?,16?,17-,18+,19?,20+,21+,23?/m0/s1. The number of ether oxygens (including phenoxy) is 3. The summed E-state index contributed by atoms with van der Waals surface area (Å²) in [6.07, 6.45) is -11.5. The van der Waals surface area contributed by atoms with Crippen LogP contribution in [0.2, 0.25) is 0 Å². The lowest BCUT2D eigenvalue weighted by Gasteiger charge is -2.26. The molecular formula is C23H45NO15. The number of aldehydes is 1. The van der Waals surface area contributed by atoms with Crippen LogP contribution < -0.4 is 5.32 Å². The molecule has 16 nitrogen and oxygen atoms in total. The third-order valence-electron chi connectivity index (χ3n) is 5.59. The molecule has 0 rings (SSSR count). The number of rotatable bonds is 23. The fourth-order valence-corrected chi connectivity index (χ4v) is 3.14. The van der Waals surface area contributed by atoms with E-state index in [1.165, 1.54) is 0 Å². The van der Waals surface area contributed by atoms with Crippen molar-refractivity contribution < 1.29 is 74.9 Å². The summed E-state index contributed by atoms with van der Waals surface area (Å²) in [6, 6.07) is 0. The minimum absolute atomic E-state index is 0.0775. The van der Waals surface area contributed by atoms with E-state index in [4.69, 9.17) is 24.4 Å². The molecule has 10 atom stereocenters. The maximum absolute atomic E-state index is 12.0. The van der Waals surface area contributed by atoms with Gasteiger partial charge in [0, 0.05) is 19.4 Å². The summed E-state index contributed by atoms with van der Waals surface area (Å²) in [5, 5.41) is 97.7. The molecule has 0 radical (unpaired) electrons. The van der Waals surface area contributed by atoms with E-state index in [0.717, 1.165) is 0 Å². The Morgan fingerprint density at radius 3 is 1.87 bits per heavy atom. The average molecular weight is 576 g/mol. The van der Waals surface area contributed by atoms with E-state index >= 15 is 0 Å². The maximum Gasteiger partial charge on any atom is 0.251 e. The monoisotopic (exact) mass is 575 g/mol. The summed E-state index contributed by atoms with van der Waals surface area (Å²) < 4.78 is 15.8. The number of hydrogen-bond donors (Lipinski definition) is 11. The van der Waals surface area contributed by atoms with Crippen molar-refractivity contribution in [3.8, 4) is 0 Å². The Morgan fingerprint density at radius 2 is 1.36 bits per heavy atom. The molecule has 0 saturated carbocycles. The maximum atomic E-state index is 12.0. The van der Waals surface area contributed by atoms with Gasteiger partial charge in [-0.2, -0.15) is 0 Å². The zero-order chi connectivity index (χ0) is 30.2. The second-order valence-corrected chi connectivity index (χ2v) is 9.52. The van der Waals surface area contributed by atoms with Crippen LogP contribution in [0.15, 0.2) is 0 Å². The van der Waals surface area contributed by atoms with Gasteiger partial charge in [-0.1, -0.05) is 0 Å². The van der Waals surface area contributed by atoms with E-state index in [9.17, 15) is 50.4 Å². The van der Waals surface area contributed by atoms with Gasteiger partial charge in [-0.3, -0.25) is 9.59 Å². The summed E-state index contributed by atoms with van der Waals surface area (Å²) in [4.78, 5) is 22.6. The lowest BCUT2D eigenvalue weighted by molar-refractivity contribution is -0.139. The quantitative estimate of drug-likeness (QED) is 0.0506. The first-order valence-corrected chi connectivity index (χ1v) is 12.4. The molecule has 16 heteroatoms. The van der Waals surface area contributed by atoms with Crippen molar-refractivity contribution in [1.82, 2.24) is 5.32 Å². The van der Waals surface area contributed by atoms with E-state index in [-0.39, 0.29) is 32.3 Å². The lowest BCUT2D eigenvalue weighted by atomic mass is 10.0. The second-order valence-electron chi connectivity index (χ2n) is 9.52. The molecule has 0 spiro atoms. The van der Waals surface area contributed by atoms with E-state index in [1.807, 2.05) is 0 Å². The molecule has 11 N–H and O–H groups in total. The van der Waals surface area contributed by atoms with Crippen LogP contribution in [0, 0.1) is 0 Å². The van der Waals surface area contributed by atoms with Gasteiger partial charge in [0.05, 0.1) is 70.2 Å². The number of nitrogens with one attached hydrogen (secondary N) is 1. The molecule has 6 unspecified atom stereocenters. The molecule has 0 aromatic heterocycles. The molecular weight excluding hydrogens is 530 g/mol. The first-order chi connectivity index (χ1) is 18.2. The fraction of sp³-hybridized carbons (Fsp3) is 0.913. The van der Waals surface area contributed by atoms with E-state index < -0.39 is 99.4 Å². The van der Waals surface area contributed by atoms with Gasteiger partial charge in [0.25, 0.3) is 5.91 Å². The van der Waals surface area contributed by atoms with Crippen molar-refractivity contribution in [3.63, 3.8) is 0 Å². The van der Waals surface area contributed by atoms with Gasteiger partial charge in [0.2, 0.25) is 0 Å². The second kappa shape index (κ2) is 19.7. The van der Waals surface area contributed by atoms with Crippen molar-refractivity contribution >= 4 is 12.2 Å². The summed E-state index contributed by atoms with van der Waals surface area (Å²) in [5.41, 5.74) is -2.03. The normalized spacial score (nSPS) is 20.5. The molecule has 0 heterocycles. The van der Waals surface area contributed by atoms with Gasteiger partial charge in [0.15, 0.2) is 18.0 Å². The van der Waals surface area contributed by atoms with Crippen molar-refractivity contribution in [2.24, 2.45) is 0 Å². The highest BCUT2D eigenvalue weighted by Gasteiger charge is 2.31. The predicted molar refractivity (Wildman–Crippen MR) is 131 cm³/mol. The first-order valence-electron chi connectivity index (χ1n) is 12.4. The molecule has 0 bridgehead atoms. The van der Waals surface area contributed by atoms with Crippen LogP contribution in [-0.4, -0.2) is 170 Å². The average Bonchev–Trinajstić information content (AvgIpc) is 2.91. The summed E-state index contributed by atoms with van der Waals surface area (Å²) in [7, 11) is 0. The zero-order valence-corrected chi connectivity index (χ0v) is 22.2. The number of amides is 1. The summed E-state index contributed by atoms with van der Waals surface area (Å²) in [5.74, 6) is -0.946. The zero-order valence-electron chi connectivity index (χ0n) is 22.2. The third-order valence-corrected chi connectivity index (χ3v) is 5.59. The van der Waals surface area contributed by atoms with Crippen LogP contribution in [0.3, 0.4) is 0 Å². The van der Waals surface area contributed by atoms with Crippen LogP contribution in [0.5, 0.6) is 0 Å². The molecule has 0 aliphatic heterocycles. The fourth-order valence-electron chi connectivity index (χ4n) is 3.14. The number of carbonyl (C=O) groups is 2. The number of aliphatic hydroxyl groups is 10. The molecule has 0 aliphatic carbocycles. The highest BCUT2D eigenvalue weighted by atomic mass is 16.5. The molecule has 0 saturated heterocycles. The van der Waals surface area contributed by atoms with Crippen LogP contribution in [0.4, 0.5) is 0 Å². The smallest absolute Gasteiger partial charge is 0.251 e. The van der Waals surface area contributed by atoms with Crippen molar-refractivity contribution in [2.75, 3.05) is 46.2 Å². The molecule has 0 fully saturated rings. The minimum atomic E-state index is -2.03. The van der Waals surface area contributed by atoms with Gasteiger partial charge in [-0.05, 0) is 13.8 Å². The number of hydrogen-bond acceptors (Lipinski definition) is 15. The van der Waals surface area contributed by atoms with Crippen molar-refractivity contribution in [2.45, 2.75) is 87.2 Å². The van der Waals surface area contributed by atoms with Gasteiger partial charge < -0.3 is 70.6 Å². The molecule has 0 aliphatic rings. The van der Waals surface area contributed by atoms with E-state index in [1.54, 1.807) is 13.8 Å². The Labute approximate surface area is 226 Å². The highest BCUT2D eigenvalue weighted by molar-refractivity contribution is 5.80. The summed E-state index contributed by atoms with van der Waals surface area (Å²) in [6.45, 7) is -0.294. The Hall–Kier alpha value is -1.38. The Kier molecular flexibility index (Phi) is 19.0. The van der Waals surface area contributed by atoms with E-state index in [0.29, 0.717) is 0 Å². The van der Waals surface area contributed by atoms with Crippen molar-refractivity contribution in [1.29, 1.82) is 0 Å². The van der Waals surface area contributed by atoms with Crippen LogP contribution >= 0.6 is 0 Å². The van der Waals surface area contributed by atoms with Crippen molar-refractivity contribution in [3.05, 3.63) is 0 Å². The molecule has 0 aromatic carbocycles. The van der Waals surface area contributed by atoms with Gasteiger partial charge >= 0.3 is 0 Å². The van der Waals surface area contributed by atoms with E-state index in [2.05, 4.69) is 5.32 Å². The minimum Gasteiger partial charge on any atom is -0.394 e. The Balaban J connectivity index is 4.22. The van der Waals surface area contributed by atoms with Crippen LogP contribution in [0.25, 0.3) is 0 Å². The van der Waals surface area contributed by atoms with Crippen LogP contribution in [0.1, 0.15) is 26.7 Å². The predicted octanol–water partition coefficient (Wildman–Crippen LogP) is -5.85. The first kappa shape index (κ1) is 37.6. The lowest BCUT2D eigenvalue weighted by Crippen LogP contribution is -2.51. The van der Waals surface area contributed by atoms with Gasteiger partial charge in [0.1, 0.15) is 18.3 Å². The molecule has 232 valence electrons. The van der Waals surface area contributed by atoms with Crippen LogP contribution in [-0.2, 0) is 23.8 Å². The highest BCUT2D eigenvalue weighted by Crippen LogP contribution is 2.09. The Morgan fingerprint density at radius 1 is 0.846 bits per heavy atom. The topological polar surface area (TPSA) is 276 Å².